The van der Waals surface area contributed by atoms with Crippen LogP contribution in [0.3, 0.4) is 0 Å². The van der Waals surface area contributed by atoms with Gasteiger partial charge in [-0.05, 0) is 61.0 Å². The highest BCUT2D eigenvalue weighted by Crippen LogP contribution is 2.25. The van der Waals surface area contributed by atoms with Gasteiger partial charge in [0.05, 0.1) is 10.6 Å². The number of nitrogens with one attached hydrogen (secondary N) is 2. The van der Waals surface area contributed by atoms with Gasteiger partial charge in [0.15, 0.2) is 12.4 Å². The molecule has 4 aromatic carbocycles. The smallest absolute Gasteiger partial charge is 0.262 e. The minimum Gasteiger partial charge on any atom is -0.483 e. The minimum absolute atomic E-state index is 0.0656. The van der Waals surface area contributed by atoms with Crippen LogP contribution in [0.5, 0.6) is 5.75 Å². The van der Waals surface area contributed by atoms with Crippen LogP contribution in [-0.4, -0.2) is 26.7 Å². The zero-order chi connectivity index (χ0) is 26.4. The second-order valence-corrected chi connectivity index (χ2v) is 10.2. The third-order valence-electron chi connectivity index (χ3n) is 5.38. The topological polar surface area (TPSA) is 102 Å². The molecule has 2 N–H and O–H groups in total. The third kappa shape index (κ3) is 6.55. The summed E-state index contributed by atoms with van der Waals surface area (Å²) in [6, 6.07) is 26.2. The number of carbonyl (C=O) groups is 2. The van der Waals surface area contributed by atoms with Crippen LogP contribution in [0.2, 0.25) is 5.02 Å². The number of benzene rings is 4. The predicted molar refractivity (Wildman–Crippen MR) is 144 cm³/mol. The van der Waals surface area contributed by atoms with Crippen LogP contribution in [0.4, 0.5) is 11.4 Å². The lowest BCUT2D eigenvalue weighted by molar-refractivity contribution is -0.118. The summed E-state index contributed by atoms with van der Waals surface area (Å²) in [5.41, 5.74) is 2.00. The summed E-state index contributed by atoms with van der Waals surface area (Å²) in [7, 11) is -3.79. The molecule has 0 aliphatic heterocycles. The van der Waals surface area contributed by atoms with E-state index < -0.39 is 15.9 Å². The maximum Gasteiger partial charge on any atom is 0.262 e. The molecule has 0 heterocycles. The lowest BCUT2D eigenvalue weighted by Gasteiger charge is -2.14. The fourth-order valence-electron chi connectivity index (χ4n) is 3.56. The maximum absolute atomic E-state index is 13.0. The van der Waals surface area contributed by atoms with Gasteiger partial charge in [0.1, 0.15) is 5.75 Å². The number of hydrogen-bond donors (Lipinski definition) is 2. The standard InChI is InChI=1S/C28H23ClN2O5S/c1-19-16-23(37(34,35)31-22-10-6-3-7-11-22)13-15-26(19)36-18-27(32)30-25-14-12-21(29)17-24(25)28(33)20-8-4-2-5-9-20/h2-17,31H,18H2,1H3,(H,30,32). The van der Waals surface area contributed by atoms with E-state index in [9.17, 15) is 18.0 Å². The van der Waals surface area contributed by atoms with Gasteiger partial charge in [-0.1, -0.05) is 60.1 Å². The number of sulfonamides is 1. The number of hydrogen-bond acceptors (Lipinski definition) is 5. The van der Waals surface area contributed by atoms with Gasteiger partial charge in [0, 0.05) is 21.8 Å². The van der Waals surface area contributed by atoms with E-state index >= 15 is 0 Å². The van der Waals surface area contributed by atoms with E-state index in [0.29, 0.717) is 33.3 Å². The van der Waals surface area contributed by atoms with Gasteiger partial charge in [-0.2, -0.15) is 0 Å². The second kappa shape index (κ2) is 11.3. The number of rotatable bonds is 9. The van der Waals surface area contributed by atoms with Gasteiger partial charge in [0.2, 0.25) is 0 Å². The van der Waals surface area contributed by atoms with Crippen molar-refractivity contribution in [1.29, 1.82) is 0 Å². The van der Waals surface area contributed by atoms with Crippen molar-refractivity contribution >= 4 is 44.7 Å². The third-order valence-corrected chi connectivity index (χ3v) is 6.99. The van der Waals surface area contributed by atoms with Crippen LogP contribution in [0, 0.1) is 6.92 Å². The Morgan fingerprint density at radius 3 is 2.22 bits per heavy atom. The van der Waals surface area contributed by atoms with Crippen molar-refractivity contribution in [2.24, 2.45) is 0 Å². The molecule has 188 valence electrons. The van der Waals surface area contributed by atoms with Crippen LogP contribution in [0.15, 0.2) is 102 Å². The van der Waals surface area contributed by atoms with Gasteiger partial charge >= 0.3 is 0 Å². The zero-order valence-electron chi connectivity index (χ0n) is 19.8. The largest absolute Gasteiger partial charge is 0.483 e. The van der Waals surface area contributed by atoms with E-state index in [2.05, 4.69) is 10.0 Å². The summed E-state index contributed by atoms with van der Waals surface area (Å²) in [6.45, 7) is 1.33. The fraction of sp³-hybridized carbons (Fsp3) is 0.0714. The molecule has 4 rings (SSSR count). The van der Waals surface area contributed by atoms with Crippen LogP contribution >= 0.6 is 11.6 Å². The van der Waals surface area contributed by atoms with Gasteiger partial charge in [-0.15, -0.1) is 0 Å². The van der Waals surface area contributed by atoms with E-state index in [1.165, 1.54) is 24.3 Å². The van der Waals surface area contributed by atoms with Crippen LogP contribution in [0.25, 0.3) is 0 Å². The Hall–Kier alpha value is -4.14. The van der Waals surface area contributed by atoms with Crippen molar-refractivity contribution in [2.75, 3.05) is 16.6 Å². The molecule has 0 atom stereocenters. The molecular formula is C28H23ClN2O5S. The van der Waals surface area contributed by atoms with E-state index in [4.69, 9.17) is 16.3 Å². The van der Waals surface area contributed by atoms with Crippen molar-refractivity contribution in [3.8, 4) is 5.75 Å². The molecule has 4 aromatic rings. The number of para-hydroxylation sites is 1. The number of amides is 1. The number of aryl methyl sites for hydroxylation is 1. The van der Waals surface area contributed by atoms with E-state index in [0.717, 1.165) is 0 Å². The summed E-state index contributed by atoms with van der Waals surface area (Å²) in [4.78, 5) is 25.7. The summed E-state index contributed by atoms with van der Waals surface area (Å²) < 4.78 is 33.5. The SMILES string of the molecule is Cc1cc(S(=O)(=O)Nc2ccccc2)ccc1OCC(=O)Nc1ccc(Cl)cc1C(=O)c1ccccc1. The number of ketones is 1. The molecule has 0 unspecified atom stereocenters. The number of anilines is 2. The Kier molecular flexibility index (Phi) is 7.91. The molecule has 0 aliphatic rings. The Morgan fingerprint density at radius 1 is 0.865 bits per heavy atom. The number of halogens is 1. The van der Waals surface area contributed by atoms with Crippen molar-refractivity contribution in [3.63, 3.8) is 0 Å². The highest BCUT2D eigenvalue weighted by molar-refractivity contribution is 7.92. The lowest BCUT2D eigenvalue weighted by Crippen LogP contribution is -2.22. The maximum atomic E-state index is 13.0. The first-order chi connectivity index (χ1) is 17.7. The second-order valence-electron chi connectivity index (χ2n) is 8.12. The molecule has 9 heteroatoms. The van der Waals surface area contributed by atoms with Crippen molar-refractivity contribution in [2.45, 2.75) is 11.8 Å². The summed E-state index contributed by atoms with van der Waals surface area (Å²) >= 11 is 6.10. The Labute approximate surface area is 220 Å². The zero-order valence-corrected chi connectivity index (χ0v) is 21.3. The molecule has 7 nitrogen and oxygen atoms in total. The van der Waals surface area contributed by atoms with Gasteiger partial charge in [-0.25, -0.2) is 8.42 Å². The molecular weight excluding hydrogens is 512 g/mol. The predicted octanol–water partition coefficient (Wildman–Crippen LogP) is 5.70. The Balaban J connectivity index is 1.43. The first-order valence-corrected chi connectivity index (χ1v) is 13.1. The monoisotopic (exact) mass is 534 g/mol. The molecule has 0 spiro atoms. The molecule has 0 fully saturated rings. The summed E-state index contributed by atoms with van der Waals surface area (Å²) in [5, 5.41) is 3.05. The minimum atomic E-state index is -3.79. The average Bonchev–Trinajstić information content (AvgIpc) is 2.89. The van der Waals surface area contributed by atoms with Gasteiger partial charge in [-0.3, -0.25) is 14.3 Å². The molecule has 0 saturated heterocycles. The molecule has 0 radical (unpaired) electrons. The Morgan fingerprint density at radius 2 is 1.54 bits per heavy atom. The normalized spacial score (nSPS) is 11.0. The van der Waals surface area contributed by atoms with Crippen LogP contribution < -0.4 is 14.8 Å². The van der Waals surface area contributed by atoms with Crippen molar-refractivity contribution in [3.05, 3.63) is 119 Å². The summed E-state index contributed by atoms with van der Waals surface area (Å²) in [5.74, 6) is -0.423. The van der Waals surface area contributed by atoms with E-state index in [1.54, 1.807) is 79.7 Å². The van der Waals surface area contributed by atoms with Crippen LogP contribution in [-0.2, 0) is 14.8 Å². The highest BCUT2D eigenvalue weighted by atomic mass is 35.5. The molecule has 0 aromatic heterocycles. The number of ether oxygens (including phenoxy) is 1. The van der Waals surface area contributed by atoms with Gasteiger partial charge < -0.3 is 10.1 Å². The van der Waals surface area contributed by atoms with E-state index in [-0.39, 0.29) is 22.8 Å². The first kappa shape index (κ1) is 25.9. The summed E-state index contributed by atoms with van der Waals surface area (Å²) in [6.07, 6.45) is 0. The fourth-order valence-corrected chi connectivity index (χ4v) is 4.87. The molecule has 1 amide bonds. The molecule has 37 heavy (non-hydrogen) atoms. The highest BCUT2D eigenvalue weighted by Gasteiger charge is 2.18. The van der Waals surface area contributed by atoms with E-state index in [1.807, 2.05) is 0 Å². The van der Waals surface area contributed by atoms with Crippen LogP contribution in [0.1, 0.15) is 21.5 Å². The molecule has 0 aliphatic carbocycles. The van der Waals surface area contributed by atoms with Crippen molar-refractivity contribution < 1.29 is 22.7 Å². The molecule has 0 saturated carbocycles. The lowest BCUT2D eigenvalue weighted by atomic mass is 10.0. The van der Waals surface area contributed by atoms with Gasteiger partial charge in [0.25, 0.3) is 15.9 Å². The number of carbonyl (C=O) groups excluding carboxylic acids is 2. The average molecular weight is 535 g/mol. The first-order valence-electron chi connectivity index (χ1n) is 11.2. The molecule has 0 bridgehead atoms. The van der Waals surface area contributed by atoms with Crippen molar-refractivity contribution in [1.82, 2.24) is 0 Å². The Bertz CT molecular complexity index is 1540. The quantitative estimate of drug-likeness (QED) is 0.268.